The van der Waals surface area contributed by atoms with Gasteiger partial charge in [0.1, 0.15) is 18.0 Å². The first-order chi connectivity index (χ1) is 15.3. The fourth-order valence-corrected chi connectivity index (χ4v) is 4.00. The standard InChI is InChI=1S/C26H29Cl2N3O2/c1-25(2,3)18-9-15(10-19(24(18)33)26(4,5)6)13-29-14-23(32)22-12-21(30-31-22)17-8-7-16(27)11-20(17)28/h7-13,33H,14H2,1-6H3,(H,30,31). The van der Waals surface area contributed by atoms with E-state index < -0.39 is 0 Å². The molecule has 0 saturated carbocycles. The van der Waals surface area contributed by atoms with E-state index in [-0.39, 0.29) is 23.2 Å². The fraction of sp³-hybridized carbons (Fsp3) is 0.346. The van der Waals surface area contributed by atoms with Crippen LogP contribution in [0.4, 0.5) is 0 Å². The Hall–Kier alpha value is -2.63. The zero-order chi connectivity index (χ0) is 24.6. The third-order valence-corrected chi connectivity index (χ3v) is 5.86. The summed E-state index contributed by atoms with van der Waals surface area (Å²) < 4.78 is 0. The molecule has 174 valence electrons. The number of aromatic hydroxyl groups is 1. The van der Waals surface area contributed by atoms with Crippen LogP contribution in [0.25, 0.3) is 11.3 Å². The van der Waals surface area contributed by atoms with Gasteiger partial charge in [0.2, 0.25) is 5.78 Å². The second-order valence-electron chi connectivity index (χ2n) is 10.1. The maximum atomic E-state index is 12.6. The second kappa shape index (κ2) is 9.32. The van der Waals surface area contributed by atoms with Crippen molar-refractivity contribution in [3.63, 3.8) is 0 Å². The van der Waals surface area contributed by atoms with E-state index in [1.165, 1.54) is 0 Å². The van der Waals surface area contributed by atoms with Crippen LogP contribution in [-0.4, -0.2) is 33.8 Å². The number of H-pyrrole nitrogens is 1. The maximum absolute atomic E-state index is 12.6. The fourth-order valence-electron chi connectivity index (χ4n) is 3.49. The van der Waals surface area contributed by atoms with Gasteiger partial charge in [-0.15, -0.1) is 0 Å². The van der Waals surface area contributed by atoms with Crippen molar-refractivity contribution in [1.82, 2.24) is 10.2 Å². The first-order valence-corrected chi connectivity index (χ1v) is 11.4. The Morgan fingerprint density at radius 3 is 2.18 bits per heavy atom. The number of ketones is 1. The number of carbonyl (C=O) groups excluding carboxylic acids is 1. The molecule has 1 aromatic heterocycles. The lowest BCUT2D eigenvalue weighted by Crippen LogP contribution is -2.18. The molecular formula is C26H29Cl2N3O2. The van der Waals surface area contributed by atoms with Gasteiger partial charge in [0.25, 0.3) is 0 Å². The van der Waals surface area contributed by atoms with Crippen molar-refractivity contribution in [3.05, 3.63) is 68.8 Å². The van der Waals surface area contributed by atoms with Gasteiger partial charge in [0.15, 0.2) is 0 Å². The van der Waals surface area contributed by atoms with Crippen molar-refractivity contribution < 1.29 is 9.90 Å². The molecule has 0 unspecified atom stereocenters. The number of hydrogen-bond acceptors (Lipinski definition) is 4. The van der Waals surface area contributed by atoms with Gasteiger partial charge < -0.3 is 5.11 Å². The summed E-state index contributed by atoms with van der Waals surface area (Å²) in [7, 11) is 0. The Balaban J connectivity index is 1.82. The van der Waals surface area contributed by atoms with E-state index in [0.717, 1.165) is 16.7 Å². The Labute approximate surface area is 204 Å². The van der Waals surface area contributed by atoms with Crippen LogP contribution < -0.4 is 0 Å². The number of aromatic amines is 1. The maximum Gasteiger partial charge on any atom is 0.201 e. The molecule has 2 aromatic carbocycles. The smallest absolute Gasteiger partial charge is 0.201 e. The van der Waals surface area contributed by atoms with Crippen LogP contribution in [0.15, 0.2) is 41.4 Å². The lowest BCUT2D eigenvalue weighted by Gasteiger charge is -2.27. The number of hydrogen-bond donors (Lipinski definition) is 2. The predicted octanol–water partition coefficient (Wildman–Crippen LogP) is 6.99. The molecule has 3 rings (SSSR count). The lowest BCUT2D eigenvalue weighted by molar-refractivity contribution is 0.0997. The highest BCUT2D eigenvalue weighted by Crippen LogP contribution is 2.39. The number of phenols is 1. The van der Waals surface area contributed by atoms with Crippen molar-refractivity contribution in [2.75, 3.05) is 6.54 Å². The number of rotatable bonds is 5. The quantitative estimate of drug-likeness (QED) is 0.302. The van der Waals surface area contributed by atoms with Gasteiger partial charge in [-0.25, -0.2) is 0 Å². The Morgan fingerprint density at radius 1 is 1.03 bits per heavy atom. The highest BCUT2D eigenvalue weighted by Gasteiger charge is 2.26. The average Bonchev–Trinajstić information content (AvgIpc) is 3.17. The molecule has 0 aliphatic rings. The zero-order valence-corrected chi connectivity index (χ0v) is 21.3. The zero-order valence-electron chi connectivity index (χ0n) is 19.8. The van der Waals surface area contributed by atoms with E-state index >= 15 is 0 Å². The van der Waals surface area contributed by atoms with Gasteiger partial charge >= 0.3 is 0 Å². The van der Waals surface area contributed by atoms with E-state index in [9.17, 15) is 9.90 Å². The van der Waals surface area contributed by atoms with E-state index in [4.69, 9.17) is 23.2 Å². The van der Waals surface area contributed by atoms with Gasteiger partial charge in [-0.1, -0.05) is 64.7 Å². The molecule has 0 amide bonds. The van der Waals surface area contributed by atoms with Gasteiger partial charge in [-0.05, 0) is 52.8 Å². The van der Waals surface area contributed by atoms with Crippen molar-refractivity contribution >= 4 is 35.2 Å². The van der Waals surface area contributed by atoms with Gasteiger partial charge in [0, 0.05) is 27.9 Å². The number of aliphatic imine (C=N–C) groups is 1. The first kappa shape index (κ1) is 25.0. The summed E-state index contributed by atoms with van der Waals surface area (Å²) in [5.74, 6) is 0.120. The van der Waals surface area contributed by atoms with Crippen LogP contribution >= 0.6 is 23.2 Å². The summed E-state index contributed by atoms with van der Waals surface area (Å²) in [6, 6.07) is 10.6. The van der Waals surface area contributed by atoms with Crippen LogP contribution in [-0.2, 0) is 10.8 Å². The molecule has 5 nitrogen and oxygen atoms in total. The van der Waals surface area contributed by atoms with E-state index in [1.54, 1.807) is 30.5 Å². The summed E-state index contributed by atoms with van der Waals surface area (Å²) in [6.07, 6.45) is 1.68. The van der Waals surface area contributed by atoms with Crippen molar-refractivity contribution in [2.24, 2.45) is 4.99 Å². The topological polar surface area (TPSA) is 78.3 Å². The van der Waals surface area contributed by atoms with Crippen LogP contribution in [0.5, 0.6) is 5.75 Å². The first-order valence-electron chi connectivity index (χ1n) is 10.7. The molecule has 0 bridgehead atoms. The summed E-state index contributed by atoms with van der Waals surface area (Å²) in [6.45, 7) is 12.3. The normalized spacial score (nSPS) is 12.5. The Morgan fingerprint density at radius 2 is 1.64 bits per heavy atom. The molecule has 0 atom stereocenters. The van der Waals surface area contributed by atoms with Gasteiger partial charge in [-0.3, -0.25) is 14.9 Å². The van der Waals surface area contributed by atoms with Gasteiger partial charge in [-0.2, -0.15) is 5.10 Å². The minimum Gasteiger partial charge on any atom is -0.507 e. The highest BCUT2D eigenvalue weighted by atomic mass is 35.5. The molecule has 0 saturated heterocycles. The number of benzene rings is 2. The second-order valence-corrected chi connectivity index (χ2v) is 11.0. The summed E-state index contributed by atoms with van der Waals surface area (Å²) in [5, 5.41) is 18.8. The summed E-state index contributed by atoms with van der Waals surface area (Å²) >= 11 is 12.2. The molecule has 3 aromatic rings. The van der Waals surface area contributed by atoms with Crippen molar-refractivity contribution in [1.29, 1.82) is 0 Å². The number of nitrogens with one attached hydrogen (secondary N) is 1. The highest BCUT2D eigenvalue weighted by molar-refractivity contribution is 6.36. The van der Waals surface area contributed by atoms with Crippen LogP contribution in [0.3, 0.4) is 0 Å². The number of halogens is 2. The molecule has 0 spiro atoms. The number of nitrogens with zero attached hydrogens (tertiary/aromatic N) is 2. The minimum atomic E-state index is -0.237. The monoisotopic (exact) mass is 485 g/mol. The predicted molar refractivity (Wildman–Crippen MR) is 136 cm³/mol. The molecule has 0 aliphatic heterocycles. The summed E-state index contributed by atoms with van der Waals surface area (Å²) in [5.41, 5.74) is 3.67. The molecule has 2 N–H and O–H groups in total. The van der Waals surface area contributed by atoms with Crippen LogP contribution in [0.1, 0.15) is 68.7 Å². The van der Waals surface area contributed by atoms with Crippen molar-refractivity contribution in [2.45, 2.75) is 52.4 Å². The Kier molecular flexibility index (Phi) is 7.06. The van der Waals surface area contributed by atoms with Gasteiger partial charge in [0.05, 0.1) is 10.7 Å². The molecular weight excluding hydrogens is 457 g/mol. The number of aromatic nitrogens is 2. The SMILES string of the molecule is CC(C)(C)c1cc(C=NCC(=O)c2cc(-c3ccc(Cl)cc3Cl)n[nH]2)cc(C(C)(C)C)c1O. The lowest BCUT2D eigenvalue weighted by atomic mass is 9.78. The summed E-state index contributed by atoms with van der Waals surface area (Å²) in [4.78, 5) is 17.0. The third-order valence-electron chi connectivity index (χ3n) is 5.31. The molecule has 1 heterocycles. The molecule has 0 radical (unpaired) electrons. The van der Waals surface area contributed by atoms with E-state index in [2.05, 4.69) is 56.7 Å². The van der Waals surface area contributed by atoms with Crippen LogP contribution in [0, 0.1) is 0 Å². The largest absolute Gasteiger partial charge is 0.507 e. The minimum absolute atomic E-state index is 0.0352. The number of carbonyl (C=O) groups is 1. The van der Waals surface area contributed by atoms with E-state index in [0.29, 0.717) is 32.7 Å². The third kappa shape index (κ3) is 5.84. The van der Waals surface area contributed by atoms with E-state index in [1.807, 2.05) is 12.1 Å². The Bertz CT molecular complexity index is 1180. The average molecular weight is 486 g/mol. The molecule has 0 aliphatic carbocycles. The number of Topliss-reactive ketones (excluding diaryl/α,β-unsaturated/α-hetero) is 1. The van der Waals surface area contributed by atoms with Crippen molar-refractivity contribution in [3.8, 4) is 17.0 Å². The number of phenolic OH excluding ortho intramolecular Hbond substituents is 1. The van der Waals surface area contributed by atoms with Crippen LogP contribution in [0.2, 0.25) is 10.0 Å². The molecule has 7 heteroatoms. The molecule has 33 heavy (non-hydrogen) atoms. The molecule has 0 fully saturated rings.